The highest BCUT2D eigenvalue weighted by Gasteiger charge is 2.04. The Morgan fingerprint density at radius 3 is 3.08 bits per heavy atom. The molecule has 0 aliphatic rings. The van der Waals surface area contributed by atoms with E-state index in [-0.39, 0.29) is 12.5 Å². The molecule has 0 aliphatic carbocycles. The molecule has 0 aliphatic heterocycles. The zero-order valence-corrected chi connectivity index (χ0v) is 9.19. The third kappa shape index (κ3) is 3.84. The molecule has 0 atom stereocenters. The fourth-order valence-electron chi connectivity index (χ4n) is 0.734. The van der Waals surface area contributed by atoms with Crippen molar-refractivity contribution in [3.05, 3.63) is 9.98 Å². The second-order valence-electron chi connectivity index (χ2n) is 2.34. The van der Waals surface area contributed by atoms with E-state index in [0.29, 0.717) is 18.0 Å². The van der Waals surface area contributed by atoms with Crippen LogP contribution in [0.15, 0.2) is 9.98 Å². The van der Waals surface area contributed by atoms with Gasteiger partial charge in [0.2, 0.25) is 5.91 Å². The monoisotopic (exact) mass is 264 g/mol. The molecule has 1 aromatic heterocycles. The quantitative estimate of drug-likeness (QED) is 0.869. The number of nitrogens with one attached hydrogen (secondary N) is 1. The number of aliphatic hydroxyl groups excluding tert-OH is 1. The van der Waals surface area contributed by atoms with Crippen LogP contribution in [0.25, 0.3) is 0 Å². The van der Waals surface area contributed by atoms with Gasteiger partial charge in [-0.1, -0.05) is 11.3 Å². The number of hydrogen-bond donors (Lipinski definition) is 2. The summed E-state index contributed by atoms with van der Waals surface area (Å²) in [6, 6.07) is 0. The van der Waals surface area contributed by atoms with Crippen LogP contribution in [0.1, 0.15) is 12.8 Å². The van der Waals surface area contributed by atoms with Crippen molar-refractivity contribution >= 4 is 38.3 Å². The molecule has 4 nitrogen and oxygen atoms in total. The van der Waals surface area contributed by atoms with Gasteiger partial charge in [0, 0.05) is 13.0 Å². The van der Waals surface area contributed by atoms with Gasteiger partial charge in [-0.3, -0.25) is 4.79 Å². The van der Waals surface area contributed by atoms with Crippen molar-refractivity contribution in [2.45, 2.75) is 12.8 Å². The summed E-state index contributed by atoms with van der Waals surface area (Å²) in [6.45, 7) is 0.0367. The summed E-state index contributed by atoms with van der Waals surface area (Å²) in [6.07, 6.45) is 2.44. The molecule has 1 aromatic rings. The third-order valence-electron chi connectivity index (χ3n) is 1.29. The molecule has 0 unspecified atom stereocenters. The molecule has 0 bridgehead atoms. The van der Waals surface area contributed by atoms with E-state index in [0.717, 1.165) is 3.79 Å². The smallest absolute Gasteiger partial charge is 0.226 e. The Bertz CT molecular complexity index is 290. The maximum absolute atomic E-state index is 11.1. The van der Waals surface area contributed by atoms with Crippen LogP contribution < -0.4 is 5.32 Å². The van der Waals surface area contributed by atoms with E-state index in [1.54, 1.807) is 6.20 Å². The van der Waals surface area contributed by atoms with Crippen LogP contribution in [-0.2, 0) is 4.79 Å². The second kappa shape index (κ2) is 5.31. The summed E-state index contributed by atoms with van der Waals surface area (Å²) in [5, 5.41) is 11.7. The fourth-order valence-corrected chi connectivity index (χ4v) is 1.86. The Balaban J connectivity index is 2.36. The number of nitrogens with zero attached hydrogens (tertiary/aromatic N) is 1. The van der Waals surface area contributed by atoms with Gasteiger partial charge < -0.3 is 10.4 Å². The fraction of sp³-hybridized carbons (Fsp3) is 0.429. The summed E-state index contributed by atoms with van der Waals surface area (Å²) in [7, 11) is 0. The second-order valence-corrected chi connectivity index (χ2v) is 4.75. The lowest BCUT2D eigenvalue weighted by molar-refractivity contribution is -0.116. The molecular weight excluding hydrogens is 256 g/mol. The van der Waals surface area contributed by atoms with Gasteiger partial charge in [0.15, 0.2) is 5.13 Å². The lowest BCUT2D eigenvalue weighted by atomic mass is 10.3. The highest BCUT2D eigenvalue weighted by atomic mass is 79.9. The molecule has 1 heterocycles. The summed E-state index contributed by atoms with van der Waals surface area (Å²) in [5.74, 6) is -0.115. The van der Waals surface area contributed by atoms with Crippen molar-refractivity contribution in [3.8, 4) is 0 Å². The van der Waals surface area contributed by atoms with Crippen LogP contribution in [0.2, 0.25) is 0 Å². The zero-order chi connectivity index (χ0) is 9.68. The molecular formula is C7H9BrN2O2S. The van der Waals surface area contributed by atoms with Gasteiger partial charge in [0.25, 0.3) is 0 Å². The van der Waals surface area contributed by atoms with Crippen LogP contribution in [-0.4, -0.2) is 22.6 Å². The van der Waals surface area contributed by atoms with Crippen LogP contribution >= 0.6 is 27.3 Å². The molecule has 0 saturated heterocycles. The number of carbonyl (C=O) groups is 1. The predicted molar refractivity (Wildman–Crippen MR) is 54.8 cm³/mol. The Kier molecular flexibility index (Phi) is 4.34. The van der Waals surface area contributed by atoms with Crippen molar-refractivity contribution < 1.29 is 9.90 Å². The Labute approximate surface area is 88.1 Å². The summed E-state index contributed by atoms with van der Waals surface area (Å²) >= 11 is 4.60. The molecule has 0 saturated carbocycles. The SMILES string of the molecule is O=C(CCCO)Nc1ncc(Br)s1. The minimum absolute atomic E-state index is 0.0367. The number of rotatable bonds is 4. The number of halogens is 1. The first-order valence-corrected chi connectivity index (χ1v) is 5.35. The lowest BCUT2D eigenvalue weighted by Gasteiger charge is -1.98. The molecule has 0 radical (unpaired) electrons. The van der Waals surface area contributed by atoms with E-state index in [2.05, 4.69) is 26.2 Å². The molecule has 0 fully saturated rings. The number of amides is 1. The highest BCUT2D eigenvalue weighted by molar-refractivity contribution is 9.11. The van der Waals surface area contributed by atoms with E-state index in [1.165, 1.54) is 11.3 Å². The Morgan fingerprint density at radius 2 is 2.54 bits per heavy atom. The maximum atomic E-state index is 11.1. The topological polar surface area (TPSA) is 62.2 Å². The van der Waals surface area contributed by atoms with Crippen LogP contribution in [0.5, 0.6) is 0 Å². The molecule has 1 amide bonds. The first kappa shape index (κ1) is 10.6. The summed E-state index contributed by atoms with van der Waals surface area (Å²) in [4.78, 5) is 15.1. The van der Waals surface area contributed by atoms with Gasteiger partial charge in [0.05, 0.1) is 9.98 Å². The van der Waals surface area contributed by atoms with Gasteiger partial charge in [0.1, 0.15) is 0 Å². The summed E-state index contributed by atoms with van der Waals surface area (Å²) in [5.41, 5.74) is 0. The van der Waals surface area contributed by atoms with Gasteiger partial charge in [-0.15, -0.1) is 0 Å². The van der Waals surface area contributed by atoms with Gasteiger partial charge in [-0.25, -0.2) is 4.98 Å². The number of anilines is 1. The Hall–Kier alpha value is -0.460. The van der Waals surface area contributed by atoms with Crippen LogP contribution in [0, 0.1) is 0 Å². The van der Waals surface area contributed by atoms with Crippen molar-refractivity contribution in [2.24, 2.45) is 0 Å². The first-order valence-electron chi connectivity index (χ1n) is 3.74. The van der Waals surface area contributed by atoms with E-state index < -0.39 is 0 Å². The number of thiazole rings is 1. The number of hydrogen-bond acceptors (Lipinski definition) is 4. The normalized spacial score (nSPS) is 10.0. The third-order valence-corrected chi connectivity index (χ3v) is 2.68. The Morgan fingerprint density at radius 1 is 1.77 bits per heavy atom. The number of aromatic nitrogens is 1. The van der Waals surface area contributed by atoms with E-state index in [9.17, 15) is 4.79 Å². The van der Waals surface area contributed by atoms with Gasteiger partial charge >= 0.3 is 0 Å². The van der Waals surface area contributed by atoms with E-state index >= 15 is 0 Å². The van der Waals surface area contributed by atoms with E-state index in [4.69, 9.17) is 5.11 Å². The molecule has 0 spiro atoms. The zero-order valence-electron chi connectivity index (χ0n) is 6.79. The highest BCUT2D eigenvalue weighted by Crippen LogP contribution is 2.23. The number of carbonyl (C=O) groups excluding carboxylic acids is 1. The molecule has 6 heteroatoms. The van der Waals surface area contributed by atoms with Crippen LogP contribution in [0.3, 0.4) is 0 Å². The average Bonchev–Trinajstić information content (AvgIpc) is 2.48. The van der Waals surface area contributed by atoms with Crippen molar-refractivity contribution in [1.82, 2.24) is 4.98 Å². The van der Waals surface area contributed by atoms with Gasteiger partial charge in [-0.2, -0.15) is 0 Å². The standard InChI is InChI=1S/C7H9BrN2O2S/c8-5-4-9-7(13-5)10-6(12)2-1-3-11/h4,11H,1-3H2,(H,9,10,12). The minimum atomic E-state index is -0.115. The van der Waals surface area contributed by atoms with Crippen molar-refractivity contribution in [1.29, 1.82) is 0 Å². The molecule has 13 heavy (non-hydrogen) atoms. The van der Waals surface area contributed by atoms with Gasteiger partial charge in [-0.05, 0) is 22.4 Å². The first-order chi connectivity index (χ1) is 6.22. The molecule has 2 N–H and O–H groups in total. The van der Waals surface area contributed by atoms with E-state index in [1.807, 2.05) is 0 Å². The lowest BCUT2D eigenvalue weighted by Crippen LogP contribution is -2.11. The maximum Gasteiger partial charge on any atom is 0.226 e. The minimum Gasteiger partial charge on any atom is -0.396 e. The largest absolute Gasteiger partial charge is 0.396 e. The average molecular weight is 265 g/mol. The predicted octanol–water partition coefficient (Wildman–Crippen LogP) is 1.62. The molecule has 0 aromatic carbocycles. The van der Waals surface area contributed by atoms with Crippen molar-refractivity contribution in [2.75, 3.05) is 11.9 Å². The van der Waals surface area contributed by atoms with Crippen molar-refractivity contribution in [3.63, 3.8) is 0 Å². The molecule has 1 rings (SSSR count). The molecule has 72 valence electrons. The van der Waals surface area contributed by atoms with Crippen LogP contribution in [0.4, 0.5) is 5.13 Å². The summed E-state index contributed by atoms with van der Waals surface area (Å²) < 4.78 is 0.880. The number of aliphatic hydroxyl groups is 1.